The van der Waals surface area contributed by atoms with E-state index in [2.05, 4.69) is 13.8 Å². The molecule has 110 valence electrons. The highest BCUT2D eigenvalue weighted by Gasteiger charge is 2.29. The molecule has 0 aliphatic rings. The van der Waals surface area contributed by atoms with E-state index in [4.69, 9.17) is 4.43 Å². The van der Waals surface area contributed by atoms with Crippen LogP contribution < -0.4 is 0 Å². The zero-order valence-corrected chi connectivity index (χ0v) is 13.6. The molecule has 0 aliphatic heterocycles. The number of aromatic nitrogens is 1. The Balaban J connectivity index is 2.63. The van der Waals surface area contributed by atoms with Crippen molar-refractivity contribution in [3.8, 4) is 11.8 Å². The van der Waals surface area contributed by atoms with E-state index in [0.29, 0.717) is 6.54 Å². The maximum absolute atomic E-state index is 9.99. The smallest absolute Gasteiger partial charge is 0.197 e. The topological polar surface area (TPSA) is 54.6 Å². The van der Waals surface area contributed by atoms with Gasteiger partial charge in [0, 0.05) is 25.3 Å². The Bertz CT molecular complexity index is 391. The van der Waals surface area contributed by atoms with Gasteiger partial charge in [-0.1, -0.05) is 13.8 Å². The third-order valence-corrected chi connectivity index (χ3v) is 8.95. The van der Waals surface area contributed by atoms with Crippen LogP contribution >= 0.6 is 0 Å². The Morgan fingerprint density at radius 1 is 1.21 bits per heavy atom. The van der Waals surface area contributed by atoms with E-state index in [0.717, 1.165) is 36.5 Å². The third kappa shape index (κ3) is 3.54. The average Bonchev–Trinajstić information content (AvgIpc) is 2.70. The molecule has 1 aromatic rings. The molecule has 0 aromatic carbocycles. The molecule has 0 amide bonds. The van der Waals surface area contributed by atoms with Crippen LogP contribution in [-0.4, -0.2) is 30.2 Å². The van der Waals surface area contributed by atoms with Crippen LogP contribution in [-0.2, 0) is 17.4 Å². The van der Waals surface area contributed by atoms with Crippen molar-refractivity contribution in [2.24, 2.45) is 0 Å². The van der Waals surface area contributed by atoms with Gasteiger partial charge in [-0.15, -0.1) is 0 Å². The van der Waals surface area contributed by atoms with Crippen molar-refractivity contribution in [1.29, 1.82) is 0 Å². The normalized spacial score (nSPS) is 12.0. The van der Waals surface area contributed by atoms with E-state index in [9.17, 15) is 10.2 Å². The molecule has 0 bridgehead atoms. The summed E-state index contributed by atoms with van der Waals surface area (Å²) in [6.07, 6.45) is 1.80. The van der Waals surface area contributed by atoms with Crippen LogP contribution in [0.2, 0.25) is 18.1 Å². The van der Waals surface area contributed by atoms with Crippen LogP contribution in [0.1, 0.15) is 32.8 Å². The molecule has 0 saturated carbocycles. The molecule has 1 rings (SSSR count). The summed E-state index contributed by atoms with van der Waals surface area (Å²) >= 11 is 0. The van der Waals surface area contributed by atoms with Gasteiger partial charge in [-0.05, 0) is 37.9 Å². The molecule has 4 nitrogen and oxygen atoms in total. The molecule has 2 N–H and O–H groups in total. The number of nitrogens with zero attached hydrogens (tertiary/aromatic N) is 1. The highest BCUT2D eigenvalue weighted by Crippen LogP contribution is 2.30. The van der Waals surface area contributed by atoms with Gasteiger partial charge in [0.15, 0.2) is 20.1 Å². The number of aromatic hydroxyl groups is 2. The lowest BCUT2D eigenvalue weighted by Gasteiger charge is -2.27. The summed E-state index contributed by atoms with van der Waals surface area (Å²) in [5.74, 6) is 0.355. The quantitative estimate of drug-likeness (QED) is 0.719. The van der Waals surface area contributed by atoms with Gasteiger partial charge in [0.1, 0.15) is 0 Å². The minimum atomic E-state index is -1.55. The minimum Gasteiger partial charge on any atom is -0.494 e. The van der Waals surface area contributed by atoms with E-state index >= 15 is 0 Å². The van der Waals surface area contributed by atoms with Crippen molar-refractivity contribution in [1.82, 2.24) is 4.57 Å². The highest BCUT2D eigenvalue weighted by molar-refractivity contribution is 6.73. The molecule has 5 heteroatoms. The molecule has 0 unspecified atom stereocenters. The zero-order chi connectivity index (χ0) is 14.5. The SMILES string of the molecule is CCn1c(O)cc(CCC[Si](CC)(CC)OC)c1O. The lowest BCUT2D eigenvalue weighted by Crippen LogP contribution is -2.35. The summed E-state index contributed by atoms with van der Waals surface area (Å²) in [5, 5.41) is 19.7. The lowest BCUT2D eigenvalue weighted by molar-refractivity contribution is 0.371. The minimum absolute atomic E-state index is 0.149. The standard InChI is InChI=1S/C14H27NO3Si/c1-5-15-13(16)11-12(14(15)17)9-8-10-19(6-2,7-3)18-4/h11,16-17H,5-10H2,1-4H3. The second kappa shape index (κ2) is 7.00. The zero-order valence-electron chi connectivity index (χ0n) is 12.6. The van der Waals surface area contributed by atoms with E-state index < -0.39 is 8.32 Å². The Labute approximate surface area is 117 Å². The fraction of sp³-hybridized carbons (Fsp3) is 0.714. The van der Waals surface area contributed by atoms with E-state index in [1.54, 1.807) is 6.07 Å². The number of hydrogen-bond donors (Lipinski definition) is 2. The first-order valence-corrected chi connectivity index (χ1v) is 9.72. The maximum Gasteiger partial charge on any atom is 0.197 e. The molecule has 0 atom stereocenters. The highest BCUT2D eigenvalue weighted by atomic mass is 28.4. The van der Waals surface area contributed by atoms with Crippen molar-refractivity contribution in [2.75, 3.05) is 7.11 Å². The molecule has 0 saturated heterocycles. The first-order chi connectivity index (χ1) is 9.03. The third-order valence-electron chi connectivity index (χ3n) is 4.24. The Morgan fingerprint density at radius 2 is 1.84 bits per heavy atom. The molecular formula is C14H27NO3Si. The summed E-state index contributed by atoms with van der Waals surface area (Å²) in [7, 11) is 0.275. The van der Waals surface area contributed by atoms with E-state index in [1.807, 2.05) is 14.0 Å². The van der Waals surface area contributed by atoms with Crippen LogP contribution in [0.3, 0.4) is 0 Å². The maximum atomic E-state index is 9.99. The molecule has 0 fully saturated rings. The van der Waals surface area contributed by atoms with Crippen LogP contribution in [0.5, 0.6) is 11.8 Å². The summed E-state index contributed by atoms with van der Waals surface area (Å²) in [6.45, 7) is 6.89. The molecule has 19 heavy (non-hydrogen) atoms. The number of aryl methyl sites for hydroxylation is 1. The second-order valence-corrected chi connectivity index (χ2v) is 9.73. The van der Waals surface area contributed by atoms with Gasteiger partial charge in [0.25, 0.3) is 0 Å². The Morgan fingerprint density at radius 3 is 2.26 bits per heavy atom. The Hall–Kier alpha value is -0.943. The van der Waals surface area contributed by atoms with Gasteiger partial charge in [0.2, 0.25) is 0 Å². The summed E-state index contributed by atoms with van der Waals surface area (Å²) in [4.78, 5) is 0. The van der Waals surface area contributed by atoms with Gasteiger partial charge < -0.3 is 14.6 Å². The fourth-order valence-electron chi connectivity index (χ4n) is 2.67. The van der Waals surface area contributed by atoms with Gasteiger partial charge in [-0.2, -0.15) is 0 Å². The Kier molecular flexibility index (Phi) is 5.94. The van der Waals surface area contributed by atoms with Gasteiger partial charge >= 0.3 is 0 Å². The molecule has 1 aromatic heterocycles. The first-order valence-electron chi connectivity index (χ1n) is 7.19. The van der Waals surface area contributed by atoms with Crippen LogP contribution in [0, 0.1) is 0 Å². The number of hydrogen-bond acceptors (Lipinski definition) is 3. The van der Waals surface area contributed by atoms with Crippen LogP contribution in [0.25, 0.3) is 0 Å². The van der Waals surface area contributed by atoms with Crippen molar-refractivity contribution in [2.45, 2.75) is 58.3 Å². The predicted molar refractivity (Wildman–Crippen MR) is 80.3 cm³/mol. The number of rotatable bonds is 8. The fourth-order valence-corrected chi connectivity index (χ4v) is 5.48. The molecule has 0 aliphatic carbocycles. The van der Waals surface area contributed by atoms with E-state index in [1.165, 1.54) is 4.57 Å². The average molecular weight is 285 g/mol. The van der Waals surface area contributed by atoms with Crippen molar-refractivity contribution in [3.63, 3.8) is 0 Å². The van der Waals surface area contributed by atoms with Crippen molar-refractivity contribution in [3.05, 3.63) is 11.6 Å². The van der Waals surface area contributed by atoms with Gasteiger partial charge in [0.05, 0.1) is 0 Å². The molecule has 0 spiro atoms. The molecule has 1 heterocycles. The predicted octanol–water partition coefficient (Wildman–Crippen LogP) is 3.48. The van der Waals surface area contributed by atoms with Gasteiger partial charge in [-0.25, -0.2) is 0 Å². The van der Waals surface area contributed by atoms with Crippen LogP contribution in [0.4, 0.5) is 0 Å². The second-order valence-electron chi connectivity index (χ2n) is 5.04. The first kappa shape index (κ1) is 16.1. The molecule has 0 radical (unpaired) electrons. The van der Waals surface area contributed by atoms with Gasteiger partial charge in [-0.3, -0.25) is 4.57 Å². The summed E-state index contributed by atoms with van der Waals surface area (Å²) in [6, 6.07) is 5.04. The van der Waals surface area contributed by atoms with Crippen LogP contribution in [0.15, 0.2) is 6.07 Å². The monoisotopic (exact) mass is 285 g/mol. The van der Waals surface area contributed by atoms with E-state index in [-0.39, 0.29) is 11.8 Å². The lowest BCUT2D eigenvalue weighted by atomic mass is 10.2. The summed E-state index contributed by atoms with van der Waals surface area (Å²) < 4.78 is 7.30. The largest absolute Gasteiger partial charge is 0.494 e. The van der Waals surface area contributed by atoms with Crippen molar-refractivity contribution < 1.29 is 14.6 Å². The summed E-state index contributed by atoms with van der Waals surface area (Å²) in [5.41, 5.74) is 0.838. The van der Waals surface area contributed by atoms with Crippen molar-refractivity contribution >= 4 is 8.32 Å². The molecular weight excluding hydrogens is 258 g/mol.